The number of aromatic nitrogens is 2. The summed E-state index contributed by atoms with van der Waals surface area (Å²) >= 11 is 6.29. The van der Waals surface area contributed by atoms with Gasteiger partial charge in [-0.2, -0.15) is 5.10 Å². The maximum atomic E-state index is 6.29. The lowest BCUT2D eigenvalue weighted by atomic mass is 10.1. The minimum absolute atomic E-state index is 0.149. The van der Waals surface area contributed by atoms with E-state index in [4.69, 9.17) is 22.2 Å². The number of halogens is 1. The molecule has 19 heavy (non-hydrogen) atoms. The summed E-state index contributed by atoms with van der Waals surface area (Å²) in [5.74, 6) is 5.61. The molecule has 0 aliphatic rings. The van der Waals surface area contributed by atoms with Gasteiger partial charge >= 0.3 is 0 Å². The van der Waals surface area contributed by atoms with Crippen LogP contribution in [0.3, 0.4) is 0 Å². The Morgan fingerprint density at radius 3 is 2.74 bits per heavy atom. The van der Waals surface area contributed by atoms with Crippen LogP contribution in [0.4, 0.5) is 0 Å². The highest BCUT2D eigenvalue weighted by Gasteiger charge is 2.17. The zero-order valence-electron chi connectivity index (χ0n) is 12.1. The van der Waals surface area contributed by atoms with Crippen molar-refractivity contribution in [1.29, 1.82) is 0 Å². The molecule has 0 aliphatic heterocycles. The molecule has 1 aromatic rings. The van der Waals surface area contributed by atoms with Crippen LogP contribution in [0.5, 0.6) is 0 Å². The maximum Gasteiger partial charge on any atom is 0.0847 e. The van der Waals surface area contributed by atoms with Gasteiger partial charge in [-0.15, -0.1) is 0 Å². The molecular weight excluding hydrogens is 264 g/mol. The quantitative estimate of drug-likeness (QED) is 0.415. The first kappa shape index (κ1) is 16.4. The van der Waals surface area contributed by atoms with Crippen LogP contribution in [0.1, 0.15) is 38.1 Å². The second-order valence-electron chi connectivity index (χ2n) is 4.63. The van der Waals surface area contributed by atoms with Gasteiger partial charge in [-0.25, -0.2) is 0 Å². The van der Waals surface area contributed by atoms with Gasteiger partial charge < -0.3 is 4.74 Å². The lowest BCUT2D eigenvalue weighted by Crippen LogP contribution is -2.38. The van der Waals surface area contributed by atoms with E-state index in [2.05, 4.69) is 24.4 Å². The van der Waals surface area contributed by atoms with Crippen LogP contribution in [0.15, 0.2) is 0 Å². The first-order valence-corrected chi connectivity index (χ1v) is 7.27. The van der Waals surface area contributed by atoms with Crippen LogP contribution >= 0.6 is 11.6 Å². The number of hydrogen-bond donors (Lipinski definition) is 2. The Bertz CT molecular complexity index is 381. The van der Waals surface area contributed by atoms with Gasteiger partial charge in [0.2, 0.25) is 0 Å². The van der Waals surface area contributed by atoms with E-state index >= 15 is 0 Å². The standard InChI is InChI=1S/C13H25ClN4O/c1-4-7-19-8-6-11(16-15)9-12-13(14)10(3)17-18(12)5-2/h11,16H,4-9,15H2,1-3H3. The highest BCUT2D eigenvalue weighted by Crippen LogP contribution is 2.22. The Morgan fingerprint density at radius 1 is 1.42 bits per heavy atom. The van der Waals surface area contributed by atoms with Crippen molar-refractivity contribution in [2.75, 3.05) is 13.2 Å². The minimum atomic E-state index is 0.149. The molecule has 0 fully saturated rings. The van der Waals surface area contributed by atoms with Crippen molar-refractivity contribution in [2.45, 2.75) is 52.6 Å². The van der Waals surface area contributed by atoms with Crippen molar-refractivity contribution in [3.63, 3.8) is 0 Å². The minimum Gasteiger partial charge on any atom is -0.381 e. The first-order valence-electron chi connectivity index (χ1n) is 6.89. The third-order valence-electron chi connectivity index (χ3n) is 3.09. The fourth-order valence-electron chi connectivity index (χ4n) is 2.01. The van der Waals surface area contributed by atoms with Gasteiger partial charge in [0, 0.05) is 32.2 Å². The van der Waals surface area contributed by atoms with Crippen LogP contribution in [0.2, 0.25) is 5.02 Å². The Balaban J connectivity index is 2.59. The van der Waals surface area contributed by atoms with E-state index in [-0.39, 0.29) is 6.04 Å². The number of hydrogen-bond acceptors (Lipinski definition) is 4. The Morgan fingerprint density at radius 2 is 2.16 bits per heavy atom. The van der Waals surface area contributed by atoms with Crippen molar-refractivity contribution >= 4 is 11.6 Å². The van der Waals surface area contributed by atoms with Crippen LogP contribution in [0, 0.1) is 6.92 Å². The molecular formula is C13H25ClN4O. The van der Waals surface area contributed by atoms with E-state index in [1.807, 2.05) is 11.6 Å². The highest BCUT2D eigenvalue weighted by molar-refractivity contribution is 6.31. The van der Waals surface area contributed by atoms with Gasteiger partial charge in [-0.1, -0.05) is 18.5 Å². The van der Waals surface area contributed by atoms with Gasteiger partial charge in [0.25, 0.3) is 0 Å². The van der Waals surface area contributed by atoms with Gasteiger partial charge in [0.15, 0.2) is 0 Å². The van der Waals surface area contributed by atoms with E-state index in [0.29, 0.717) is 6.61 Å². The fraction of sp³-hybridized carbons (Fsp3) is 0.769. The molecule has 0 spiro atoms. The smallest absolute Gasteiger partial charge is 0.0847 e. The molecule has 0 aliphatic carbocycles. The lowest BCUT2D eigenvalue weighted by Gasteiger charge is -2.16. The number of aryl methyl sites for hydroxylation is 2. The molecule has 0 bridgehead atoms. The molecule has 1 unspecified atom stereocenters. The number of ether oxygens (including phenoxy) is 1. The summed E-state index contributed by atoms with van der Waals surface area (Å²) < 4.78 is 7.43. The van der Waals surface area contributed by atoms with E-state index in [9.17, 15) is 0 Å². The topological polar surface area (TPSA) is 65.1 Å². The molecule has 1 rings (SSSR count). The fourth-order valence-corrected chi connectivity index (χ4v) is 2.23. The third kappa shape index (κ3) is 4.76. The number of nitrogens with zero attached hydrogens (tertiary/aromatic N) is 2. The summed E-state index contributed by atoms with van der Waals surface area (Å²) in [7, 11) is 0. The van der Waals surface area contributed by atoms with Crippen molar-refractivity contribution in [3.05, 3.63) is 16.4 Å². The second kappa shape index (κ2) is 8.53. The average molecular weight is 289 g/mol. The predicted octanol–water partition coefficient (Wildman–Crippen LogP) is 2.06. The Kier molecular flexibility index (Phi) is 7.38. The summed E-state index contributed by atoms with van der Waals surface area (Å²) in [5.41, 5.74) is 4.75. The van der Waals surface area contributed by atoms with Crippen molar-refractivity contribution in [3.8, 4) is 0 Å². The summed E-state index contributed by atoms with van der Waals surface area (Å²) in [4.78, 5) is 0. The summed E-state index contributed by atoms with van der Waals surface area (Å²) in [6.45, 7) is 8.39. The largest absolute Gasteiger partial charge is 0.381 e. The predicted molar refractivity (Wildman–Crippen MR) is 78.2 cm³/mol. The second-order valence-corrected chi connectivity index (χ2v) is 5.01. The molecule has 6 heteroatoms. The van der Waals surface area contributed by atoms with E-state index in [1.54, 1.807) is 0 Å². The molecule has 0 saturated heterocycles. The number of nitrogens with two attached hydrogens (primary N) is 1. The number of nitrogens with one attached hydrogen (secondary N) is 1. The zero-order valence-corrected chi connectivity index (χ0v) is 12.8. The molecule has 0 saturated carbocycles. The van der Waals surface area contributed by atoms with E-state index in [0.717, 1.165) is 48.8 Å². The van der Waals surface area contributed by atoms with Gasteiger partial charge in [-0.05, 0) is 26.7 Å². The monoisotopic (exact) mass is 288 g/mol. The van der Waals surface area contributed by atoms with Crippen molar-refractivity contribution in [2.24, 2.45) is 5.84 Å². The van der Waals surface area contributed by atoms with Crippen LogP contribution in [-0.4, -0.2) is 29.0 Å². The van der Waals surface area contributed by atoms with Gasteiger partial charge in [0.05, 0.1) is 16.4 Å². The van der Waals surface area contributed by atoms with Crippen LogP contribution < -0.4 is 11.3 Å². The van der Waals surface area contributed by atoms with E-state index in [1.165, 1.54) is 0 Å². The normalized spacial score (nSPS) is 12.9. The molecule has 1 aromatic heterocycles. The molecule has 1 atom stereocenters. The number of hydrazine groups is 1. The first-order chi connectivity index (χ1) is 9.13. The van der Waals surface area contributed by atoms with Gasteiger partial charge in [0.1, 0.15) is 0 Å². The lowest BCUT2D eigenvalue weighted by molar-refractivity contribution is 0.124. The summed E-state index contributed by atoms with van der Waals surface area (Å²) in [5, 5.41) is 5.16. The van der Waals surface area contributed by atoms with Crippen molar-refractivity contribution < 1.29 is 4.74 Å². The van der Waals surface area contributed by atoms with Crippen molar-refractivity contribution in [1.82, 2.24) is 15.2 Å². The highest BCUT2D eigenvalue weighted by atomic mass is 35.5. The molecule has 5 nitrogen and oxygen atoms in total. The molecule has 0 amide bonds. The summed E-state index contributed by atoms with van der Waals surface area (Å²) in [6.07, 6.45) is 2.66. The SMILES string of the molecule is CCCOCCC(Cc1c(Cl)c(C)nn1CC)NN. The Hall–Kier alpha value is -0.620. The molecule has 0 aromatic carbocycles. The molecule has 3 N–H and O–H groups in total. The zero-order chi connectivity index (χ0) is 14.3. The van der Waals surface area contributed by atoms with E-state index < -0.39 is 0 Å². The maximum absolute atomic E-state index is 6.29. The Labute approximate surface area is 120 Å². The summed E-state index contributed by atoms with van der Waals surface area (Å²) in [6, 6.07) is 0.149. The molecule has 0 radical (unpaired) electrons. The number of rotatable bonds is 9. The van der Waals surface area contributed by atoms with Crippen LogP contribution in [-0.2, 0) is 17.7 Å². The van der Waals surface area contributed by atoms with Gasteiger partial charge in [-0.3, -0.25) is 16.0 Å². The molecule has 1 heterocycles. The third-order valence-corrected chi connectivity index (χ3v) is 3.58. The molecule has 110 valence electrons. The van der Waals surface area contributed by atoms with Crippen LogP contribution in [0.25, 0.3) is 0 Å². The average Bonchev–Trinajstić information content (AvgIpc) is 2.69.